The van der Waals surface area contributed by atoms with Crippen molar-refractivity contribution in [2.24, 2.45) is 0 Å². The Hall–Kier alpha value is -4.16. The Labute approximate surface area is 281 Å². The maximum Gasteiger partial charge on any atom is 0.287 e. The van der Waals surface area contributed by atoms with Crippen molar-refractivity contribution in [3.8, 4) is 0 Å². The molecule has 1 atom stereocenters. The molecule has 0 unspecified atom stereocenters. The molecule has 0 spiro atoms. The summed E-state index contributed by atoms with van der Waals surface area (Å²) in [6, 6.07) is 22.8. The molecule has 1 saturated heterocycles. The van der Waals surface area contributed by atoms with E-state index in [1.807, 2.05) is 41.3 Å². The van der Waals surface area contributed by atoms with Crippen LogP contribution in [0.15, 0.2) is 93.7 Å². The highest BCUT2D eigenvalue weighted by atomic mass is 35.5. The molecule has 2 amide bonds. The molecule has 2 heterocycles. The number of carbonyl (C=O) groups is 2. The second kappa shape index (κ2) is 14.7. The fourth-order valence-electron chi connectivity index (χ4n) is 6.97. The zero-order valence-corrected chi connectivity index (χ0v) is 28.0. The first kappa shape index (κ1) is 32.8. The number of halogens is 1. The molecule has 1 aliphatic carbocycles. The van der Waals surface area contributed by atoms with Crippen molar-refractivity contribution in [1.29, 1.82) is 0 Å². The lowest BCUT2D eigenvalue weighted by atomic mass is 9.79. The predicted molar refractivity (Wildman–Crippen MR) is 188 cm³/mol. The Balaban J connectivity index is 1.19. The van der Waals surface area contributed by atoms with E-state index in [2.05, 4.69) is 49.5 Å². The molecule has 6 nitrogen and oxygen atoms in total. The lowest BCUT2D eigenvalue weighted by Gasteiger charge is -2.31. The minimum Gasteiger partial charge on any atom is -0.451 e. The lowest BCUT2D eigenvalue weighted by Crippen LogP contribution is -2.36. The van der Waals surface area contributed by atoms with E-state index in [4.69, 9.17) is 16.0 Å². The first-order chi connectivity index (χ1) is 22.7. The summed E-state index contributed by atoms with van der Waals surface area (Å²) in [7, 11) is 0. The molecule has 2 aliphatic rings. The molecule has 1 aromatic heterocycles. The van der Waals surface area contributed by atoms with Crippen LogP contribution in [0.25, 0.3) is 11.0 Å². The third kappa shape index (κ3) is 8.05. The average molecular weight is 651 g/mol. The van der Waals surface area contributed by atoms with Gasteiger partial charge in [-0.1, -0.05) is 79.6 Å². The Morgan fingerprint density at radius 1 is 0.979 bits per heavy atom. The first-order valence-corrected chi connectivity index (χ1v) is 17.3. The van der Waals surface area contributed by atoms with Crippen LogP contribution in [0.5, 0.6) is 0 Å². The fraction of sp³-hybridized carbons (Fsp3) is 0.375. The van der Waals surface area contributed by atoms with E-state index in [0.717, 1.165) is 56.2 Å². The summed E-state index contributed by atoms with van der Waals surface area (Å²) in [5, 5.41) is 4.29. The maximum atomic E-state index is 13.6. The SMILES string of the molecule is CC(C)c1ccc2oc(C(=O)N[C@H](C=C3CCC(c4ccccc4CN4CCCCC4=O)CC3)Cc3ccc(Cl)cc3)cc(=O)c2c1. The summed E-state index contributed by atoms with van der Waals surface area (Å²) in [6.45, 7) is 5.68. The zero-order chi connectivity index (χ0) is 32.9. The third-order valence-electron chi connectivity index (χ3n) is 9.67. The number of benzene rings is 3. The van der Waals surface area contributed by atoms with Crippen LogP contribution in [-0.2, 0) is 17.8 Å². The van der Waals surface area contributed by atoms with E-state index in [-0.39, 0.29) is 29.1 Å². The molecule has 7 heteroatoms. The van der Waals surface area contributed by atoms with Gasteiger partial charge in [0.2, 0.25) is 5.91 Å². The molecular formula is C40H43ClN2O4. The summed E-state index contributed by atoms with van der Waals surface area (Å²) < 4.78 is 5.96. The molecular weight excluding hydrogens is 608 g/mol. The van der Waals surface area contributed by atoms with E-state index >= 15 is 0 Å². The number of carbonyl (C=O) groups excluding carboxylic acids is 2. The number of hydrogen-bond donors (Lipinski definition) is 1. The number of rotatable bonds is 9. The zero-order valence-electron chi connectivity index (χ0n) is 27.3. The van der Waals surface area contributed by atoms with Gasteiger partial charge in [-0.05, 0) is 103 Å². The highest BCUT2D eigenvalue weighted by Gasteiger charge is 2.25. The van der Waals surface area contributed by atoms with E-state index < -0.39 is 5.91 Å². The van der Waals surface area contributed by atoms with Gasteiger partial charge in [0.05, 0.1) is 11.4 Å². The molecule has 3 aromatic carbocycles. The molecule has 47 heavy (non-hydrogen) atoms. The second-order valence-corrected chi connectivity index (χ2v) is 13.8. The van der Waals surface area contributed by atoms with Crippen LogP contribution in [0, 0.1) is 0 Å². The summed E-state index contributed by atoms with van der Waals surface area (Å²) in [5.41, 5.74) is 6.19. The van der Waals surface area contributed by atoms with E-state index in [1.165, 1.54) is 22.8 Å². The number of hydrogen-bond acceptors (Lipinski definition) is 4. The van der Waals surface area contributed by atoms with Crippen LogP contribution < -0.4 is 10.7 Å². The smallest absolute Gasteiger partial charge is 0.287 e. The molecule has 244 valence electrons. The summed E-state index contributed by atoms with van der Waals surface area (Å²) in [6.07, 6.45) is 9.37. The van der Waals surface area contributed by atoms with Gasteiger partial charge in [0.25, 0.3) is 5.91 Å². The van der Waals surface area contributed by atoms with Gasteiger partial charge in [0.15, 0.2) is 11.2 Å². The molecule has 2 fully saturated rings. The Kier molecular flexibility index (Phi) is 10.3. The number of fused-ring (bicyclic) bond motifs is 1. The molecule has 4 aromatic rings. The van der Waals surface area contributed by atoms with Crippen LogP contribution in [0.1, 0.15) is 103 Å². The van der Waals surface area contributed by atoms with Gasteiger partial charge < -0.3 is 14.6 Å². The monoisotopic (exact) mass is 650 g/mol. The molecule has 1 saturated carbocycles. The molecule has 0 bridgehead atoms. The normalized spacial score (nSPS) is 17.6. The standard InChI is InChI=1S/C40H43ClN2O4/c1-26(2)30-16-19-37-35(23-30)36(44)24-38(47-37)40(46)42-33(22-28-12-17-32(41)18-13-28)21-27-10-14-29(15-11-27)34-8-4-3-7-31(34)25-43-20-6-5-9-39(43)45/h3-4,7-8,12-13,16-19,21,23-24,26,29,33H,5-6,9-11,14-15,20,22,25H2,1-2H3,(H,42,46)/t29?,33-/m1/s1. The number of nitrogens with zero attached hydrogens (tertiary/aromatic N) is 1. The van der Waals surface area contributed by atoms with Gasteiger partial charge in [-0.25, -0.2) is 0 Å². The lowest BCUT2D eigenvalue weighted by molar-refractivity contribution is -0.133. The number of piperidine rings is 1. The van der Waals surface area contributed by atoms with Crippen molar-refractivity contribution in [2.45, 2.75) is 89.6 Å². The van der Waals surface area contributed by atoms with Gasteiger partial charge in [0, 0.05) is 30.6 Å². The van der Waals surface area contributed by atoms with Gasteiger partial charge in [-0.15, -0.1) is 0 Å². The first-order valence-electron chi connectivity index (χ1n) is 16.9. The van der Waals surface area contributed by atoms with Gasteiger partial charge >= 0.3 is 0 Å². The minimum atomic E-state index is -0.414. The molecule has 1 N–H and O–H groups in total. The number of likely N-dealkylation sites (tertiary alicyclic amines) is 1. The van der Waals surface area contributed by atoms with Crippen LogP contribution in [0.4, 0.5) is 0 Å². The fourth-order valence-corrected chi connectivity index (χ4v) is 7.10. The molecule has 0 radical (unpaired) electrons. The van der Waals surface area contributed by atoms with Crippen LogP contribution in [0.3, 0.4) is 0 Å². The average Bonchev–Trinajstić information content (AvgIpc) is 3.07. The van der Waals surface area contributed by atoms with E-state index in [9.17, 15) is 14.4 Å². The van der Waals surface area contributed by atoms with E-state index in [0.29, 0.717) is 41.3 Å². The second-order valence-electron chi connectivity index (χ2n) is 13.4. The minimum absolute atomic E-state index is 0.00630. The van der Waals surface area contributed by atoms with Crippen molar-refractivity contribution >= 4 is 34.4 Å². The summed E-state index contributed by atoms with van der Waals surface area (Å²) in [4.78, 5) is 41.1. The van der Waals surface area contributed by atoms with Crippen LogP contribution >= 0.6 is 11.6 Å². The quantitative estimate of drug-likeness (QED) is 0.184. The third-order valence-corrected chi connectivity index (χ3v) is 9.92. The topological polar surface area (TPSA) is 79.6 Å². The van der Waals surface area contributed by atoms with Gasteiger partial charge in [0.1, 0.15) is 5.58 Å². The van der Waals surface area contributed by atoms with Crippen molar-refractivity contribution in [1.82, 2.24) is 10.2 Å². The Bertz CT molecular complexity index is 1830. The largest absolute Gasteiger partial charge is 0.451 e. The summed E-state index contributed by atoms with van der Waals surface area (Å²) >= 11 is 6.15. The number of nitrogens with one attached hydrogen (secondary N) is 1. The number of allylic oxidation sites excluding steroid dienone is 1. The highest BCUT2D eigenvalue weighted by molar-refractivity contribution is 6.30. The van der Waals surface area contributed by atoms with Crippen molar-refractivity contribution < 1.29 is 14.0 Å². The van der Waals surface area contributed by atoms with Crippen LogP contribution in [-0.4, -0.2) is 29.3 Å². The van der Waals surface area contributed by atoms with Crippen molar-refractivity contribution in [3.05, 3.63) is 128 Å². The summed E-state index contributed by atoms with van der Waals surface area (Å²) in [5.74, 6) is 0.556. The number of amides is 2. The highest BCUT2D eigenvalue weighted by Crippen LogP contribution is 2.37. The van der Waals surface area contributed by atoms with Gasteiger partial charge in [-0.3, -0.25) is 14.4 Å². The molecule has 6 rings (SSSR count). The Morgan fingerprint density at radius 2 is 1.74 bits per heavy atom. The van der Waals surface area contributed by atoms with Crippen molar-refractivity contribution in [2.75, 3.05) is 6.54 Å². The maximum absolute atomic E-state index is 13.6. The van der Waals surface area contributed by atoms with Crippen molar-refractivity contribution in [3.63, 3.8) is 0 Å². The van der Waals surface area contributed by atoms with Gasteiger partial charge in [-0.2, -0.15) is 0 Å². The van der Waals surface area contributed by atoms with E-state index in [1.54, 1.807) is 6.07 Å². The Morgan fingerprint density at radius 3 is 2.49 bits per heavy atom. The predicted octanol–water partition coefficient (Wildman–Crippen LogP) is 8.71. The van der Waals surface area contributed by atoms with Crippen LogP contribution in [0.2, 0.25) is 5.02 Å². The molecule has 1 aliphatic heterocycles.